The Bertz CT molecular complexity index is 443. The van der Waals surface area contributed by atoms with Crippen molar-refractivity contribution in [2.24, 2.45) is 0 Å². The lowest BCUT2D eigenvalue weighted by Crippen LogP contribution is -2.23. The molecule has 0 aliphatic carbocycles. The van der Waals surface area contributed by atoms with Crippen molar-refractivity contribution in [1.29, 1.82) is 0 Å². The van der Waals surface area contributed by atoms with Crippen LogP contribution in [0.4, 0.5) is 0 Å². The first-order valence-electron chi connectivity index (χ1n) is 5.28. The number of aliphatic hydroxyl groups excluding tert-OH is 1. The molecule has 1 aromatic rings. The first-order valence-corrected chi connectivity index (χ1v) is 5.66. The number of hydrogen-bond acceptors (Lipinski definition) is 4. The maximum Gasteiger partial charge on any atom is 0.231 e. The zero-order valence-electron chi connectivity index (χ0n) is 10.0. The second kappa shape index (κ2) is 4.27. The minimum absolute atomic E-state index is 0.0146. The monoisotopic (exact) mass is 258 g/mol. The van der Waals surface area contributed by atoms with Crippen molar-refractivity contribution < 1.29 is 19.3 Å². The molecular weight excluding hydrogens is 244 g/mol. The van der Waals surface area contributed by atoms with Crippen molar-refractivity contribution in [2.45, 2.75) is 19.3 Å². The van der Waals surface area contributed by atoms with Crippen LogP contribution >= 0.6 is 11.6 Å². The van der Waals surface area contributed by atoms with Crippen LogP contribution in [0.3, 0.4) is 0 Å². The van der Waals surface area contributed by atoms with E-state index in [9.17, 15) is 5.11 Å². The third-order valence-electron chi connectivity index (χ3n) is 2.89. The van der Waals surface area contributed by atoms with Gasteiger partial charge in [0.05, 0.1) is 13.7 Å². The summed E-state index contributed by atoms with van der Waals surface area (Å²) >= 11 is 6.21. The summed E-state index contributed by atoms with van der Waals surface area (Å²) in [5.74, 6) is 1.61. The van der Waals surface area contributed by atoms with Gasteiger partial charge in [0.25, 0.3) is 0 Å². The van der Waals surface area contributed by atoms with Gasteiger partial charge in [-0.05, 0) is 6.07 Å². The van der Waals surface area contributed by atoms with Crippen LogP contribution in [0.2, 0.25) is 5.02 Å². The lowest BCUT2D eigenvalue weighted by molar-refractivity contribution is 0.173. The molecule has 1 heterocycles. The standard InChI is InChI=1S/C12H15ClO4/c1-12(2,5-14)7-4-8-11(17-6-16-8)9(13)10(7)15-3/h4,14H,5-6H2,1-3H3. The number of ether oxygens (including phenoxy) is 3. The SMILES string of the molecule is COc1c(C(C)(C)CO)cc2c(c1Cl)OCO2. The second-order valence-electron chi connectivity index (χ2n) is 4.55. The molecule has 0 atom stereocenters. The fourth-order valence-electron chi connectivity index (χ4n) is 1.77. The second-order valence-corrected chi connectivity index (χ2v) is 4.93. The van der Waals surface area contributed by atoms with E-state index in [2.05, 4.69) is 0 Å². The Balaban J connectivity index is 2.64. The summed E-state index contributed by atoms with van der Waals surface area (Å²) in [6.07, 6.45) is 0. The Morgan fingerprint density at radius 3 is 2.76 bits per heavy atom. The van der Waals surface area contributed by atoms with E-state index >= 15 is 0 Å². The van der Waals surface area contributed by atoms with Gasteiger partial charge in [0.2, 0.25) is 6.79 Å². The molecule has 1 aromatic carbocycles. The highest BCUT2D eigenvalue weighted by atomic mass is 35.5. The van der Waals surface area contributed by atoms with Gasteiger partial charge in [-0.1, -0.05) is 25.4 Å². The molecule has 17 heavy (non-hydrogen) atoms. The molecular formula is C12H15ClO4. The predicted molar refractivity (Wildman–Crippen MR) is 64.2 cm³/mol. The number of halogens is 1. The smallest absolute Gasteiger partial charge is 0.231 e. The largest absolute Gasteiger partial charge is 0.495 e. The Labute approximate surface area is 105 Å². The van der Waals surface area contributed by atoms with E-state index in [1.54, 1.807) is 7.11 Å². The fraction of sp³-hybridized carbons (Fsp3) is 0.500. The van der Waals surface area contributed by atoms with Crippen LogP contribution < -0.4 is 14.2 Å². The van der Waals surface area contributed by atoms with Gasteiger partial charge in [-0.3, -0.25) is 0 Å². The van der Waals surface area contributed by atoms with Gasteiger partial charge in [-0.25, -0.2) is 0 Å². The van der Waals surface area contributed by atoms with E-state index in [1.807, 2.05) is 19.9 Å². The number of hydrogen-bond donors (Lipinski definition) is 1. The summed E-state index contributed by atoms with van der Waals surface area (Å²) in [6.45, 7) is 3.95. The zero-order valence-corrected chi connectivity index (χ0v) is 10.8. The Morgan fingerprint density at radius 2 is 2.18 bits per heavy atom. The minimum atomic E-state index is -0.462. The molecule has 5 heteroatoms. The quantitative estimate of drug-likeness (QED) is 0.904. The molecule has 0 bridgehead atoms. The molecule has 0 fully saturated rings. The molecule has 94 valence electrons. The summed E-state index contributed by atoms with van der Waals surface area (Å²) in [4.78, 5) is 0. The number of fused-ring (bicyclic) bond motifs is 1. The average Bonchev–Trinajstić information content (AvgIpc) is 2.77. The molecule has 0 saturated heterocycles. The predicted octanol–water partition coefficient (Wildman–Crippen LogP) is 2.35. The van der Waals surface area contributed by atoms with Crippen LogP contribution in [0.15, 0.2) is 6.07 Å². The van der Waals surface area contributed by atoms with Crippen LogP contribution in [0, 0.1) is 0 Å². The molecule has 2 rings (SSSR count). The van der Waals surface area contributed by atoms with E-state index in [0.29, 0.717) is 22.3 Å². The number of benzene rings is 1. The van der Waals surface area contributed by atoms with Crippen LogP contribution in [-0.2, 0) is 5.41 Å². The molecule has 0 spiro atoms. The molecule has 0 amide bonds. The van der Waals surface area contributed by atoms with Gasteiger partial charge in [0.15, 0.2) is 11.5 Å². The molecule has 1 aliphatic rings. The van der Waals surface area contributed by atoms with Crippen LogP contribution in [-0.4, -0.2) is 25.6 Å². The molecule has 0 aromatic heterocycles. The third kappa shape index (κ3) is 1.91. The molecule has 4 nitrogen and oxygen atoms in total. The molecule has 0 radical (unpaired) electrons. The van der Waals surface area contributed by atoms with E-state index in [1.165, 1.54) is 0 Å². The summed E-state index contributed by atoms with van der Waals surface area (Å²) < 4.78 is 15.9. The first-order chi connectivity index (χ1) is 8.01. The molecule has 1 N–H and O–H groups in total. The van der Waals surface area contributed by atoms with E-state index in [-0.39, 0.29) is 13.4 Å². The maximum absolute atomic E-state index is 9.44. The van der Waals surface area contributed by atoms with Crippen molar-refractivity contribution in [1.82, 2.24) is 0 Å². The molecule has 1 aliphatic heterocycles. The van der Waals surface area contributed by atoms with Crippen LogP contribution in [0.25, 0.3) is 0 Å². The highest BCUT2D eigenvalue weighted by molar-refractivity contribution is 6.34. The van der Waals surface area contributed by atoms with Gasteiger partial charge < -0.3 is 19.3 Å². The van der Waals surface area contributed by atoms with Gasteiger partial charge in [0, 0.05) is 11.0 Å². The van der Waals surface area contributed by atoms with Crippen molar-refractivity contribution in [2.75, 3.05) is 20.5 Å². The summed E-state index contributed by atoms with van der Waals surface area (Å²) in [6, 6.07) is 1.81. The Kier molecular flexibility index (Phi) is 3.10. The minimum Gasteiger partial charge on any atom is -0.495 e. The van der Waals surface area contributed by atoms with Crippen molar-refractivity contribution in [3.63, 3.8) is 0 Å². The van der Waals surface area contributed by atoms with Crippen LogP contribution in [0.1, 0.15) is 19.4 Å². The molecule has 0 saturated carbocycles. The lowest BCUT2D eigenvalue weighted by atomic mass is 9.84. The Hall–Kier alpha value is -1.13. The van der Waals surface area contributed by atoms with Gasteiger partial charge in [-0.2, -0.15) is 0 Å². The van der Waals surface area contributed by atoms with Gasteiger partial charge in [0.1, 0.15) is 10.8 Å². The zero-order chi connectivity index (χ0) is 12.6. The Morgan fingerprint density at radius 1 is 1.47 bits per heavy atom. The van der Waals surface area contributed by atoms with E-state index in [0.717, 1.165) is 5.56 Å². The average molecular weight is 259 g/mol. The first kappa shape index (κ1) is 12.3. The van der Waals surface area contributed by atoms with E-state index in [4.69, 9.17) is 25.8 Å². The summed E-state index contributed by atoms with van der Waals surface area (Å²) in [7, 11) is 1.54. The lowest BCUT2D eigenvalue weighted by Gasteiger charge is -2.25. The number of methoxy groups -OCH3 is 1. The topological polar surface area (TPSA) is 47.9 Å². The fourth-order valence-corrected chi connectivity index (χ4v) is 2.10. The molecule has 0 unspecified atom stereocenters. The number of aliphatic hydroxyl groups is 1. The van der Waals surface area contributed by atoms with Gasteiger partial charge >= 0.3 is 0 Å². The third-order valence-corrected chi connectivity index (χ3v) is 3.23. The normalized spacial score (nSPS) is 13.9. The van der Waals surface area contributed by atoms with Gasteiger partial charge in [-0.15, -0.1) is 0 Å². The summed E-state index contributed by atoms with van der Waals surface area (Å²) in [5, 5.41) is 9.82. The number of rotatable bonds is 3. The summed E-state index contributed by atoms with van der Waals surface area (Å²) in [5.41, 5.74) is 0.340. The van der Waals surface area contributed by atoms with Crippen molar-refractivity contribution >= 4 is 11.6 Å². The van der Waals surface area contributed by atoms with E-state index < -0.39 is 5.41 Å². The maximum atomic E-state index is 9.44. The highest BCUT2D eigenvalue weighted by Crippen LogP contribution is 2.49. The van der Waals surface area contributed by atoms with Crippen molar-refractivity contribution in [3.8, 4) is 17.2 Å². The van der Waals surface area contributed by atoms with Crippen molar-refractivity contribution in [3.05, 3.63) is 16.7 Å². The van der Waals surface area contributed by atoms with Crippen LogP contribution in [0.5, 0.6) is 17.2 Å². The highest BCUT2D eigenvalue weighted by Gasteiger charge is 2.31.